The summed E-state index contributed by atoms with van der Waals surface area (Å²) < 4.78 is 5.62. The molecule has 0 radical (unpaired) electrons. The molecule has 0 bridgehead atoms. The SMILES string of the molecule is CCC(C)(C)c1ccc2c(c1)C(NOC)CO2. The minimum atomic E-state index is 0.141. The fourth-order valence-corrected chi connectivity index (χ4v) is 2.08. The van der Waals surface area contributed by atoms with Gasteiger partial charge in [-0.3, -0.25) is 0 Å². The third kappa shape index (κ3) is 2.31. The van der Waals surface area contributed by atoms with Crippen molar-refractivity contribution >= 4 is 0 Å². The number of nitrogens with one attached hydrogen (secondary N) is 1. The van der Waals surface area contributed by atoms with Crippen LogP contribution in [0.2, 0.25) is 0 Å². The number of hydroxylamine groups is 1. The van der Waals surface area contributed by atoms with Crippen LogP contribution in [0.4, 0.5) is 0 Å². The van der Waals surface area contributed by atoms with Crippen LogP contribution in [-0.2, 0) is 10.3 Å². The van der Waals surface area contributed by atoms with Gasteiger partial charge in [0.2, 0.25) is 0 Å². The van der Waals surface area contributed by atoms with Gasteiger partial charge < -0.3 is 9.57 Å². The highest BCUT2D eigenvalue weighted by atomic mass is 16.6. The Balaban J connectivity index is 2.33. The van der Waals surface area contributed by atoms with Crippen LogP contribution in [-0.4, -0.2) is 13.7 Å². The minimum absolute atomic E-state index is 0.141. The van der Waals surface area contributed by atoms with E-state index in [1.165, 1.54) is 11.1 Å². The van der Waals surface area contributed by atoms with E-state index in [1.54, 1.807) is 7.11 Å². The molecule has 1 atom stereocenters. The van der Waals surface area contributed by atoms with Crippen molar-refractivity contribution in [3.8, 4) is 5.75 Å². The Morgan fingerprint density at radius 3 is 2.88 bits per heavy atom. The van der Waals surface area contributed by atoms with Crippen molar-refractivity contribution in [2.75, 3.05) is 13.7 Å². The van der Waals surface area contributed by atoms with Gasteiger partial charge >= 0.3 is 0 Å². The van der Waals surface area contributed by atoms with Crippen molar-refractivity contribution in [2.24, 2.45) is 0 Å². The first-order chi connectivity index (χ1) is 8.08. The molecule has 0 saturated heterocycles. The zero-order valence-electron chi connectivity index (χ0n) is 11.0. The van der Waals surface area contributed by atoms with E-state index in [9.17, 15) is 0 Å². The average molecular weight is 235 g/mol. The fourth-order valence-electron chi connectivity index (χ4n) is 2.08. The number of benzene rings is 1. The third-order valence-electron chi connectivity index (χ3n) is 3.72. The Bertz CT molecular complexity index is 399. The lowest BCUT2D eigenvalue weighted by Gasteiger charge is -2.24. The lowest BCUT2D eigenvalue weighted by molar-refractivity contribution is 0.0535. The Morgan fingerprint density at radius 2 is 2.24 bits per heavy atom. The predicted octanol–water partition coefficient (Wildman–Crippen LogP) is 2.96. The highest BCUT2D eigenvalue weighted by Crippen LogP contribution is 2.37. The molecule has 0 aromatic heterocycles. The highest BCUT2D eigenvalue weighted by Gasteiger charge is 2.27. The normalized spacial score (nSPS) is 18.9. The quantitative estimate of drug-likeness (QED) is 0.814. The summed E-state index contributed by atoms with van der Waals surface area (Å²) in [6.07, 6.45) is 1.12. The maximum Gasteiger partial charge on any atom is 0.124 e. The molecular formula is C14H21NO2. The zero-order chi connectivity index (χ0) is 12.5. The summed E-state index contributed by atoms with van der Waals surface area (Å²) in [5.41, 5.74) is 5.73. The first-order valence-electron chi connectivity index (χ1n) is 6.14. The van der Waals surface area contributed by atoms with E-state index in [-0.39, 0.29) is 11.5 Å². The maximum absolute atomic E-state index is 5.62. The van der Waals surface area contributed by atoms with E-state index in [2.05, 4.69) is 44.5 Å². The van der Waals surface area contributed by atoms with Gasteiger partial charge in [0.15, 0.2) is 0 Å². The number of hydrogen-bond acceptors (Lipinski definition) is 3. The fraction of sp³-hybridized carbons (Fsp3) is 0.571. The van der Waals surface area contributed by atoms with Gasteiger partial charge in [0.05, 0.1) is 13.2 Å². The Hall–Kier alpha value is -1.06. The van der Waals surface area contributed by atoms with Crippen LogP contribution in [0.1, 0.15) is 44.4 Å². The van der Waals surface area contributed by atoms with E-state index >= 15 is 0 Å². The molecule has 94 valence electrons. The number of ether oxygens (including phenoxy) is 1. The molecule has 1 aromatic rings. The molecule has 0 amide bonds. The summed E-state index contributed by atoms with van der Waals surface area (Å²) in [7, 11) is 1.64. The smallest absolute Gasteiger partial charge is 0.124 e. The highest BCUT2D eigenvalue weighted by molar-refractivity contribution is 5.44. The van der Waals surface area contributed by atoms with Crippen LogP contribution in [0.3, 0.4) is 0 Å². The van der Waals surface area contributed by atoms with Crippen molar-refractivity contribution in [1.82, 2.24) is 5.48 Å². The monoisotopic (exact) mass is 235 g/mol. The van der Waals surface area contributed by atoms with Crippen LogP contribution >= 0.6 is 0 Å². The first kappa shape index (κ1) is 12.4. The third-order valence-corrected chi connectivity index (χ3v) is 3.72. The Morgan fingerprint density at radius 1 is 1.47 bits per heavy atom. The molecule has 0 fully saturated rings. The Kier molecular flexibility index (Phi) is 3.40. The second-order valence-corrected chi connectivity index (χ2v) is 5.18. The van der Waals surface area contributed by atoms with Gasteiger partial charge in [-0.1, -0.05) is 26.8 Å². The van der Waals surface area contributed by atoms with Crippen LogP contribution in [0, 0.1) is 0 Å². The summed E-state index contributed by atoms with van der Waals surface area (Å²) >= 11 is 0. The van der Waals surface area contributed by atoms with Crippen LogP contribution in [0.15, 0.2) is 18.2 Å². The number of fused-ring (bicyclic) bond motifs is 1. The van der Waals surface area contributed by atoms with Crippen molar-refractivity contribution in [1.29, 1.82) is 0 Å². The summed E-state index contributed by atoms with van der Waals surface area (Å²) in [5, 5.41) is 0. The second-order valence-electron chi connectivity index (χ2n) is 5.18. The average Bonchev–Trinajstić information content (AvgIpc) is 2.72. The standard InChI is InChI=1S/C14H21NO2/c1-5-14(2,3)10-6-7-13-11(8-10)12(9-17-13)15-16-4/h6-8,12,15H,5,9H2,1-4H3. The summed E-state index contributed by atoms with van der Waals surface area (Å²) in [6.45, 7) is 7.39. The van der Waals surface area contributed by atoms with Gasteiger partial charge in [0.25, 0.3) is 0 Å². The lowest BCUT2D eigenvalue weighted by atomic mass is 9.81. The van der Waals surface area contributed by atoms with E-state index < -0.39 is 0 Å². The Labute approximate surface area is 103 Å². The van der Waals surface area contributed by atoms with E-state index in [0.29, 0.717) is 6.61 Å². The molecule has 1 N–H and O–H groups in total. The molecule has 1 aromatic carbocycles. The van der Waals surface area contributed by atoms with Crippen LogP contribution < -0.4 is 10.2 Å². The van der Waals surface area contributed by atoms with Gasteiger partial charge in [-0.15, -0.1) is 0 Å². The van der Waals surface area contributed by atoms with E-state index in [0.717, 1.165) is 12.2 Å². The molecule has 0 saturated carbocycles. The topological polar surface area (TPSA) is 30.5 Å². The minimum Gasteiger partial charge on any atom is -0.491 e. The van der Waals surface area contributed by atoms with Crippen molar-refractivity contribution < 1.29 is 9.57 Å². The largest absolute Gasteiger partial charge is 0.491 e. The molecular weight excluding hydrogens is 214 g/mol. The molecule has 1 unspecified atom stereocenters. The van der Waals surface area contributed by atoms with E-state index in [1.807, 2.05) is 0 Å². The molecule has 0 aliphatic carbocycles. The molecule has 1 aliphatic rings. The molecule has 17 heavy (non-hydrogen) atoms. The first-order valence-corrected chi connectivity index (χ1v) is 6.14. The number of rotatable bonds is 4. The summed E-state index contributed by atoms with van der Waals surface area (Å²) in [6, 6.07) is 6.61. The summed E-state index contributed by atoms with van der Waals surface area (Å²) in [4.78, 5) is 5.00. The molecule has 1 aliphatic heterocycles. The van der Waals surface area contributed by atoms with Crippen LogP contribution in [0.5, 0.6) is 5.75 Å². The van der Waals surface area contributed by atoms with Crippen molar-refractivity contribution in [3.63, 3.8) is 0 Å². The molecule has 0 spiro atoms. The second kappa shape index (κ2) is 4.67. The molecule has 3 heteroatoms. The predicted molar refractivity (Wildman–Crippen MR) is 68.1 cm³/mol. The molecule has 1 heterocycles. The van der Waals surface area contributed by atoms with Crippen molar-refractivity contribution in [3.05, 3.63) is 29.3 Å². The van der Waals surface area contributed by atoms with Gasteiger partial charge in [-0.05, 0) is 29.5 Å². The van der Waals surface area contributed by atoms with Gasteiger partial charge in [-0.25, -0.2) is 0 Å². The maximum atomic E-state index is 5.62. The van der Waals surface area contributed by atoms with Crippen molar-refractivity contribution in [2.45, 2.75) is 38.6 Å². The number of hydrogen-bond donors (Lipinski definition) is 1. The zero-order valence-corrected chi connectivity index (χ0v) is 11.0. The van der Waals surface area contributed by atoms with Crippen LogP contribution in [0.25, 0.3) is 0 Å². The van der Waals surface area contributed by atoms with Gasteiger partial charge in [-0.2, -0.15) is 5.48 Å². The molecule has 2 rings (SSSR count). The molecule has 3 nitrogen and oxygen atoms in total. The van der Waals surface area contributed by atoms with Gasteiger partial charge in [0, 0.05) is 5.56 Å². The van der Waals surface area contributed by atoms with Gasteiger partial charge in [0.1, 0.15) is 12.4 Å². The summed E-state index contributed by atoms with van der Waals surface area (Å²) in [5.74, 6) is 0.968. The lowest BCUT2D eigenvalue weighted by Crippen LogP contribution is -2.21. The van der Waals surface area contributed by atoms with E-state index in [4.69, 9.17) is 9.57 Å².